The highest BCUT2D eigenvalue weighted by Crippen LogP contribution is 2.31. The summed E-state index contributed by atoms with van der Waals surface area (Å²) in [6.07, 6.45) is 0.700. The second-order valence-corrected chi connectivity index (χ2v) is 6.71. The molecule has 0 spiro atoms. The van der Waals surface area contributed by atoms with Gasteiger partial charge in [-0.3, -0.25) is 0 Å². The predicted octanol–water partition coefficient (Wildman–Crippen LogP) is 4.64. The van der Waals surface area contributed by atoms with Crippen LogP contribution in [0.25, 0.3) is 11.0 Å². The standard InChI is InChI=1S/C16H22ClFN2/c1-11(2)16(3,4)10-20-14-9-12(18)5-6-13(14)19-15(20)7-8-17/h5-6,9,11H,7-8,10H2,1-4H3. The van der Waals surface area contributed by atoms with E-state index in [0.717, 1.165) is 23.4 Å². The van der Waals surface area contributed by atoms with Crippen LogP contribution in [0.2, 0.25) is 0 Å². The molecule has 4 heteroatoms. The second kappa shape index (κ2) is 5.72. The van der Waals surface area contributed by atoms with E-state index in [0.29, 0.717) is 18.2 Å². The number of hydrogen-bond acceptors (Lipinski definition) is 1. The van der Waals surface area contributed by atoms with Gasteiger partial charge in [0, 0.05) is 18.8 Å². The maximum absolute atomic E-state index is 13.5. The smallest absolute Gasteiger partial charge is 0.125 e. The van der Waals surface area contributed by atoms with E-state index in [-0.39, 0.29) is 11.2 Å². The van der Waals surface area contributed by atoms with Gasteiger partial charge < -0.3 is 4.57 Å². The first-order valence-electron chi connectivity index (χ1n) is 7.06. The first-order valence-corrected chi connectivity index (χ1v) is 7.59. The van der Waals surface area contributed by atoms with Gasteiger partial charge in [-0.2, -0.15) is 0 Å². The minimum absolute atomic E-state index is 0.112. The van der Waals surface area contributed by atoms with E-state index < -0.39 is 0 Å². The molecule has 0 bridgehead atoms. The average Bonchev–Trinajstić information content (AvgIpc) is 2.67. The number of hydrogen-bond donors (Lipinski definition) is 0. The Kier molecular flexibility index (Phi) is 4.38. The molecule has 1 aromatic heterocycles. The molecule has 0 fully saturated rings. The van der Waals surface area contributed by atoms with Gasteiger partial charge in [0.15, 0.2) is 0 Å². The van der Waals surface area contributed by atoms with E-state index in [1.807, 2.05) is 0 Å². The topological polar surface area (TPSA) is 17.8 Å². The third-order valence-electron chi connectivity index (χ3n) is 4.24. The Morgan fingerprint density at radius 3 is 2.65 bits per heavy atom. The summed E-state index contributed by atoms with van der Waals surface area (Å²) in [6, 6.07) is 4.76. The Labute approximate surface area is 125 Å². The Bertz CT molecular complexity index is 602. The minimum atomic E-state index is -0.224. The molecule has 0 atom stereocenters. The molecule has 2 nitrogen and oxygen atoms in total. The molecular weight excluding hydrogens is 275 g/mol. The highest BCUT2D eigenvalue weighted by atomic mass is 35.5. The number of aryl methyl sites for hydroxylation is 1. The second-order valence-electron chi connectivity index (χ2n) is 6.33. The summed E-state index contributed by atoms with van der Waals surface area (Å²) in [4.78, 5) is 4.60. The molecule has 1 heterocycles. The van der Waals surface area contributed by atoms with Crippen LogP contribution in [0.4, 0.5) is 4.39 Å². The summed E-state index contributed by atoms with van der Waals surface area (Å²) in [7, 11) is 0. The van der Waals surface area contributed by atoms with Gasteiger partial charge in [-0.1, -0.05) is 27.7 Å². The SMILES string of the molecule is CC(C)C(C)(C)Cn1c(CCCl)nc2ccc(F)cc21. The Morgan fingerprint density at radius 1 is 1.35 bits per heavy atom. The van der Waals surface area contributed by atoms with Crippen molar-refractivity contribution in [3.8, 4) is 0 Å². The van der Waals surface area contributed by atoms with E-state index in [9.17, 15) is 4.39 Å². The van der Waals surface area contributed by atoms with E-state index in [1.54, 1.807) is 12.1 Å². The monoisotopic (exact) mass is 296 g/mol. The van der Waals surface area contributed by atoms with Gasteiger partial charge in [-0.15, -0.1) is 11.6 Å². The molecule has 0 aliphatic heterocycles. The van der Waals surface area contributed by atoms with Crippen LogP contribution in [0, 0.1) is 17.2 Å². The Hall–Kier alpha value is -1.09. The van der Waals surface area contributed by atoms with Crippen molar-refractivity contribution in [2.45, 2.75) is 40.7 Å². The highest BCUT2D eigenvalue weighted by Gasteiger charge is 2.25. The molecule has 0 N–H and O–H groups in total. The average molecular weight is 297 g/mol. The molecule has 1 aromatic carbocycles. The van der Waals surface area contributed by atoms with Crippen LogP contribution >= 0.6 is 11.6 Å². The minimum Gasteiger partial charge on any atom is -0.327 e. The summed E-state index contributed by atoms with van der Waals surface area (Å²) >= 11 is 5.87. The highest BCUT2D eigenvalue weighted by molar-refractivity contribution is 6.17. The number of rotatable bonds is 5. The fourth-order valence-electron chi connectivity index (χ4n) is 2.19. The summed E-state index contributed by atoms with van der Waals surface area (Å²) in [6.45, 7) is 9.69. The van der Waals surface area contributed by atoms with Crippen molar-refractivity contribution >= 4 is 22.6 Å². The molecule has 0 saturated heterocycles. The summed E-state index contributed by atoms with van der Waals surface area (Å²) in [5, 5.41) is 0. The van der Waals surface area contributed by atoms with Crippen molar-refractivity contribution in [1.29, 1.82) is 0 Å². The van der Waals surface area contributed by atoms with Gasteiger partial charge in [0.05, 0.1) is 11.0 Å². The summed E-state index contributed by atoms with van der Waals surface area (Å²) in [5.41, 5.74) is 1.81. The van der Waals surface area contributed by atoms with E-state index in [1.165, 1.54) is 6.07 Å². The third-order valence-corrected chi connectivity index (χ3v) is 4.42. The molecular formula is C16H22ClFN2. The number of benzene rings is 1. The molecule has 0 saturated carbocycles. The molecule has 2 aromatic rings. The van der Waals surface area contributed by atoms with Crippen LogP contribution in [-0.4, -0.2) is 15.4 Å². The lowest BCUT2D eigenvalue weighted by molar-refractivity contribution is 0.210. The Balaban J connectivity index is 2.53. The van der Waals surface area contributed by atoms with Crippen molar-refractivity contribution in [2.75, 3.05) is 5.88 Å². The van der Waals surface area contributed by atoms with Crippen LogP contribution in [0.3, 0.4) is 0 Å². The van der Waals surface area contributed by atoms with Crippen molar-refractivity contribution in [3.05, 3.63) is 29.8 Å². The fraction of sp³-hybridized carbons (Fsp3) is 0.562. The maximum Gasteiger partial charge on any atom is 0.125 e. The predicted molar refractivity (Wildman–Crippen MR) is 82.7 cm³/mol. The first-order chi connectivity index (χ1) is 9.35. The Morgan fingerprint density at radius 2 is 2.05 bits per heavy atom. The van der Waals surface area contributed by atoms with Gasteiger partial charge in [0.1, 0.15) is 11.6 Å². The van der Waals surface area contributed by atoms with Crippen LogP contribution in [0.5, 0.6) is 0 Å². The van der Waals surface area contributed by atoms with Crippen LogP contribution in [-0.2, 0) is 13.0 Å². The van der Waals surface area contributed by atoms with Crippen LogP contribution < -0.4 is 0 Å². The first kappa shape index (κ1) is 15.3. The zero-order valence-corrected chi connectivity index (χ0v) is 13.3. The van der Waals surface area contributed by atoms with Gasteiger partial charge >= 0.3 is 0 Å². The lowest BCUT2D eigenvalue weighted by atomic mass is 9.81. The number of aromatic nitrogens is 2. The lowest BCUT2D eigenvalue weighted by Crippen LogP contribution is -2.26. The largest absolute Gasteiger partial charge is 0.327 e. The van der Waals surface area contributed by atoms with Crippen molar-refractivity contribution in [3.63, 3.8) is 0 Å². The van der Waals surface area contributed by atoms with E-state index in [4.69, 9.17) is 11.6 Å². The normalized spacial score (nSPS) is 12.6. The number of fused-ring (bicyclic) bond motifs is 1. The molecule has 2 rings (SSSR count). The molecule has 0 aliphatic carbocycles. The van der Waals surface area contributed by atoms with Gasteiger partial charge in [0.25, 0.3) is 0 Å². The van der Waals surface area contributed by atoms with Crippen LogP contribution in [0.15, 0.2) is 18.2 Å². The van der Waals surface area contributed by atoms with Crippen molar-refractivity contribution in [2.24, 2.45) is 11.3 Å². The third kappa shape index (κ3) is 2.98. The summed E-state index contributed by atoms with van der Waals surface area (Å²) < 4.78 is 15.7. The van der Waals surface area contributed by atoms with Gasteiger partial charge in [-0.05, 0) is 29.5 Å². The molecule has 0 radical (unpaired) electrons. The van der Waals surface area contributed by atoms with E-state index >= 15 is 0 Å². The zero-order chi connectivity index (χ0) is 14.9. The number of imidazole rings is 1. The fourth-order valence-corrected chi connectivity index (χ4v) is 2.36. The number of halogens is 2. The maximum atomic E-state index is 13.5. The van der Waals surface area contributed by atoms with Gasteiger partial charge in [0.2, 0.25) is 0 Å². The van der Waals surface area contributed by atoms with Crippen molar-refractivity contribution in [1.82, 2.24) is 9.55 Å². The zero-order valence-electron chi connectivity index (χ0n) is 12.6. The molecule has 110 valence electrons. The van der Waals surface area contributed by atoms with Crippen LogP contribution in [0.1, 0.15) is 33.5 Å². The number of nitrogens with zero attached hydrogens (tertiary/aromatic N) is 2. The molecule has 0 aliphatic rings. The van der Waals surface area contributed by atoms with Gasteiger partial charge in [-0.25, -0.2) is 9.37 Å². The van der Waals surface area contributed by atoms with E-state index in [2.05, 4.69) is 37.2 Å². The quantitative estimate of drug-likeness (QED) is 0.735. The molecule has 0 amide bonds. The lowest BCUT2D eigenvalue weighted by Gasteiger charge is -2.30. The molecule has 0 unspecified atom stereocenters. The summed E-state index contributed by atoms with van der Waals surface area (Å²) in [5.74, 6) is 1.76. The van der Waals surface area contributed by atoms with Crippen molar-refractivity contribution < 1.29 is 4.39 Å². The molecule has 20 heavy (non-hydrogen) atoms. The number of alkyl halides is 1.